The molecule has 0 spiro atoms. The second-order valence-electron chi connectivity index (χ2n) is 4.18. The third-order valence-electron chi connectivity index (χ3n) is 2.71. The van der Waals surface area contributed by atoms with E-state index >= 15 is 0 Å². The van der Waals surface area contributed by atoms with Crippen LogP contribution < -0.4 is 11.1 Å². The van der Waals surface area contributed by atoms with Crippen molar-refractivity contribution in [3.8, 4) is 0 Å². The van der Waals surface area contributed by atoms with Crippen LogP contribution in [0.4, 0.5) is 18.9 Å². The number of H-pyrrole nitrogens is 1. The molecule has 0 saturated carbocycles. The maximum atomic E-state index is 12.8. The zero-order valence-corrected chi connectivity index (χ0v) is 10.3. The number of amides is 1. The van der Waals surface area contributed by atoms with E-state index in [0.717, 1.165) is 6.07 Å². The highest BCUT2D eigenvalue weighted by atomic mass is 19.4. The molecule has 0 radical (unpaired) electrons. The van der Waals surface area contributed by atoms with E-state index in [0.29, 0.717) is 5.69 Å². The van der Waals surface area contributed by atoms with Gasteiger partial charge in [-0.15, -0.1) is 0 Å². The average Bonchev–Trinajstić information content (AvgIpc) is 2.82. The number of anilines is 1. The Kier molecular flexibility index (Phi) is 3.69. The molecule has 0 unspecified atom stereocenters. The van der Waals surface area contributed by atoms with Gasteiger partial charge < -0.3 is 16.0 Å². The van der Waals surface area contributed by atoms with Gasteiger partial charge in [0.1, 0.15) is 5.69 Å². The normalized spacial score (nSPS) is 11.3. The molecule has 7 heteroatoms. The fourth-order valence-electron chi connectivity index (χ4n) is 1.76. The number of aromatic nitrogens is 1. The number of hydrogen-bond donors (Lipinski definition) is 3. The molecule has 4 N–H and O–H groups in total. The first-order valence-electron chi connectivity index (χ1n) is 5.75. The number of aromatic amines is 1. The van der Waals surface area contributed by atoms with Crippen LogP contribution >= 0.6 is 0 Å². The number of halogens is 3. The molecular weight excluding hydrogens is 271 g/mol. The molecule has 0 aliphatic heterocycles. The molecule has 0 bridgehead atoms. The van der Waals surface area contributed by atoms with Crippen LogP contribution in [0.3, 0.4) is 0 Å². The summed E-state index contributed by atoms with van der Waals surface area (Å²) >= 11 is 0. The lowest BCUT2D eigenvalue weighted by Gasteiger charge is -2.12. The Bertz CT molecular complexity index is 619. The van der Waals surface area contributed by atoms with Gasteiger partial charge in [0.05, 0.1) is 5.56 Å². The molecule has 0 fully saturated rings. The standard InChI is InChI=1S/C13H12F3N3O/c14-13(15,16)10-4-2-1-3-8(10)6-19-12(20)11-5-9(17)7-18-11/h1-5,7,18H,6,17H2,(H,19,20). The molecule has 20 heavy (non-hydrogen) atoms. The first-order chi connectivity index (χ1) is 9.38. The van der Waals surface area contributed by atoms with Crippen molar-refractivity contribution in [3.05, 3.63) is 53.3 Å². The van der Waals surface area contributed by atoms with Crippen molar-refractivity contribution in [1.29, 1.82) is 0 Å². The van der Waals surface area contributed by atoms with Crippen molar-refractivity contribution in [2.75, 3.05) is 5.73 Å². The van der Waals surface area contributed by atoms with E-state index in [4.69, 9.17) is 5.73 Å². The quantitative estimate of drug-likeness (QED) is 0.810. The van der Waals surface area contributed by atoms with Crippen molar-refractivity contribution in [3.63, 3.8) is 0 Å². The van der Waals surface area contributed by atoms with Gasteiger partial charge in [-0.2, -0.15) is 13.2 Å². The Balaban J connectivity index is 2.10. The average molecular weight is 283 g/mol. The minimum absolute atomic E-state index is 0.00729. The Morgan fingerprint density at radius 2 is 2.00 bits per heavy atom. The van der Waals surface area contributed by atoms with Crippen molar-refractivity contribution in [2.24, 2.45) is 0 Å². The van der Waals surface area contributed by atoms with Gasteiger partial charge in [0, 0.05) is 18.4 Å². The molecule has 0 aliphatic rings. The van der Waals surface area contributed by atoms with Crippen LogP contribution in [0.2, 0.25) is 0 Å². The number of alkyl halides is 3. The predicted molar refractivity (Wildman–Crippen MR) is 67.8 cm³/mol. The minimum atomic E-state index is -4.45. The molecule has 106 valence electrons. The smallest absolute Gasteiger partial charge is 0.397 e. The van der Waals surface area contributed by atoms with Crippen LogP contribution in [-0.2, 0) is 12.7 Å². The number of nitrogen functional groups attached to an aromatic ring is 1. The molecule has 1 aromatic heterocycles. The second-order valence-corrected chi connectivity index (χ2v) is 4.18. The van der Waals surface area contributed by atoms with Gasteiger partial charge in [-0.05, 0) is 17.7 Å². The SMILES string of the molecule is Nc1c[nH]c(C(=O)NCc2ccccc2C(F)(F)F)c1. The van der Waals surface area contributed by atoms with E-state index in [2.05, 4.69) is 10.3 Å². The molecule has 4 nitrogen and oxygen atoms in total. The van der Waals surface area contributed by atoms with E-state index in [1.165, 1.54) is 30.5 Å². The summed E-state index contributed by atoms with van der Waals surface area (Å²) in [6, 6.07) is 6.51. The fraction of sp³-hybridized carbons (Fsp3) is 0.154. The van der Waals surface area contributed by atoms with Crippen molar-refractivity contribution in [2.45, 2.75) is 12.7 Å². The van der Waals surface area contributed by atoms with E-state index < -0.39 is 17.6 Å². The van der Waals surface area contributed by atoms with Crippen LogP contribution in [0.15, 0.2) is 36.5 Å². The van der Waals surface area contributed by atoms with E-state index in [9.17, 15) is 18.0 Å². The summed E-state index contributed by atoms with van der Waals surface area (Å²) < 4.78 is 38.3. The molecule has 0 aliphatic carbocycles. The number of nitrogens with one attached hydrogen (secondary N) is 2. The van der Waals surface area contributed by atoms with Crippen LogP contribution in [0, 0.1) is 0 Å². The maximum Gasteiger partial charge on any atom is 0.416 e. The molecule has 2 rings (SSSR count). The molecule has 1 aromatic carbocycles. The van der Waals surface area contributed by atoms with Crippen molar-refractivity contribution < 1.29 is 18.0 Å². The van der Waals surface area contributed by atoms with Gasteiger partial charge >= 0.3 is 6.18 Å². The summed E-state index contributed by atoms with van der Waals surface area (Å²) in [6.07, 6.45) is -3.02. The summed E-state index contributed by atoms with van der Waals surface area (Å²) in [6.45, 7) is -0.215. The highest BCUT2D eigenvalue weighted by molar-refractivity contribution is 5.93. The number of nitrogens with two attached hydrogens (primary N) is 1. The Hall–Kier alpha value is -2.44. The summed E-state index contributed by atoms with van der Waals surface area (Å²) in [5.74, 6) is -0.515. The Morgan fingerprint density at radius 3 is 2.60 bits per heavy atom. The summed E-state index contributed by atoms with van der Waals surface area (Å²) in [4.78, 5) is 14.3. The highest BCUT2D eigenvalue weighted by Crippen LogP contribution is 2.31. The summed E-state index contributed by atoms with van der Waals surface area (Å²) in [5.41, 5.74) is 5.28. The van der Waals surface area contributed by atoms with E-state index in [-0.39, 0.29) is 17.8 Å². The number of benzene rings is 1. The maximum absolute atomic E-state index is 12.8. The van der Waals surface area contributed by atoms with Crippen LogP contribution in [-0.4, -0.2) is 10.9 Å². The molecule has 0 atom stereocenters. The molecule has 1 amide bonds. The first-order valence-corrected chi connectivity index (χ1v) is 5.75. The van der Waals surface area contributed by atoms with Crippen LogP contribution in [0.25, 0.3) is 0 Å². The van der Waals surface area contributed by atoms with Gasteiger partial charge in [0.15, 0.2) is 0 Å². The number of carbonyl (C=O) groups excluding carboxylic acids is 1. The van der Waals surface area contributed by atoms with Gasteiger partial charge in [0.2, 0.25) is 0 Å². The monoisotopic (exact) mass is 283 g/mol. The van der Waals surface area contributed by atoms with Crippen LogP contribution in [0.5, 0.6) is 0 Å². The van der Waals surface area contributed by atoms with Gasteiger partial charge in [-0.3, -0.25) is 4.79 Å². The zero-order valence-electron chi connectivity index (χ0n) is 10.3. The molecule has 1 heterocycles. The van der Waals surface area contributed by atoms with Gasteiger partial charge in [-0.25, -0.2) is 0 Å². The fourth-order valence-corrected chi connectivity index (χ4v) is 1.76. The van der Waals surface area contributed by atoms with Crippen molar-refractivity contribution in [1.82, 2.24) is 10.3 Å². The highest BCUT2D eigenvalue weighted by Gasteiger charge is 2.32. The Morgan fingerprint density at radius 1 is 1.30 bits per heavy atom. The van der Waals surface area contributed by atoms with Gasteiger partial charge in [0.25, 0.3) is 5.91 Å². The Labute approximate surface area is 112 Å². The largest absolute Gasteiger partial charge is 0.416 e. The summed E-state index contributed by atoms with van der Waals surface area (Å²) in [5, 5.41) is 2.42. The second kappa shape index (κ2) is 5.28. The van der Waals surface area contributed by atoms with Gasteiger partial charge in [-0.1, -0.05) is 18.2 Å². The summed E-state index contributed by atoms with van der Waals surface area (Å²) in [7, 11) is 0. The molecule has 2 aromatic rings. The van der Waals surface area contributed by atoms with E-state index in [1.54, 1.807) is 0 Å². The molecular formula is C13H12F3N3O. The third-order valence-corrected chi connectivity index (χ3v) is 2.71. The lowest BCUT2D eigenvalue weighted by Crippen LogP contribution is -2.24. The molecule has 0 saturated heterocycles. The number of hydrogen-bond acceptors (Lipinski definition) is 2. The van der Waals surface area contributed by atoms with E-state index in [1.807, 2.05) is 0 Å². The number of carbonyl (C=O) groups is 1. The zero-order chi connectivity index (χ0) is 14.8. The lowest BCUT2D eigenvalue weighted by atomic mass is 10.1. The minimum Gasteiger partial charge on any atom is -0.397 e. The lowest BCUT2D eigenvalue weighted by molar-refractivity contribution is -0.138. The third kappa shape index (κ3) is 3.11. The number of rotatable bonds is 3. The topological polar surface area (TPSA) is 70.9 Å². The van der Waals surface area contributed by atoms with Crippen LogP contribution in [0.1, 0.15) is 21.6 Å². The first kappa shape index (κ1) is 14.0. The van der Waals surface area contributed by atoms with Crippen molar-refractivity contribution >= 4 is 11.6 Å². The predicted octanol–water partition coefficient (Wildman–Crippen LogP) is 2.55.